The van der Waals surface area contributed by atoms with E-state index in [-0.39, 0.29) is 42.5 Å². The van der Waals surface area contributed by atoms with E-state index in [1.165, 1.54) is 69.2 Å². The van der Waals surface area contributed by atoms with Gasteiger partial charge < -0.3 is 33.2 Å². The molecule has 12 aromatic carbocycles. The number of carbonyl (C=O) groups excluding carboxylic acids is 4. The van der Waals surface area contributed by atoms with Crippen molar-refractivity contribution in [2.24, 2.45) is 92.1 Å². The Morgan fingerprint density at radius 2 is 0.497 bits per heavy atom. The number of nitrogens with zero attached hydrogens (tertiary/aromatic N) is 18. The van der Waals surface area contributed by atoms with Crippen LogP contribution in [0, 0.1) is 36.0 Å². The SMILES string of the molecule is C=C(C)C(=O)OCCOc1ccc(N=Nc2ccc(N=Nc3ccc(N=Nc4ccc(C(=O)OCCCCC)cc4)cc3C)c(F)c2)cc1.CCCCCCCOc1ccc(N=Nc2ccc(N=Nc3ccc(N=Nc4ccc(OCCCCCC)cc4)c(C)c3)cc2)c(I)c1.CCCCCOC(=O)c1ccc(N=Nc2ccc(N=Nc3ccc(N=Nc4ccc(C(=O)OCCCC)cc4)cc3F)c(C)c2)cc1. The van der Waals surface area contributed by atoms with E-state index in [0.29, 0.717) is 105 Å². The summed E-state index contributed by atoms with van der Waals surface area (Å²) in [5.74, 6) is -0.471. The molecule has 0 unspecified atom stereocenters. The molecular weight excluding hydrogens is 1930 g/mol. The van der Waals surface area contributed by atoms with Crippen LogP contribution >= 0.6 is 22.6 Å². The molecule has 0 saturated carbocycles. The highest BCUT2D eigenvalue weighted by atomic mass is 127. The lowest BCUT2D eigenvalue weighted by Crippen LogP contribution is -2.12. The number of hydrogen-bond acceptors (Lipinski definition) is 29. The highest BCUT2D eigenvalue weighted by Crippen LogP contribution is 2.37. The largest absolute Gasteiger partial charge is 0.494 e. The van der Waals surface area contributed by atoms with Crippen molar-refractivity contribution in [1.82, 2.24) is 0 Å². The summed E-state index contributed by atoms with van der Waals surface area (Å²) in [6.45, 7) is 24.4. The summed E-state index contributed by atoms with van der Waals surface area (Å²) in [5, 5.41) is 76.4. The molecular formula is C111H119F2IN18O11. The van der Waals surface area contributed by atoms with Crippen molar-refractivity contribution in [2.75, 3.05) is 46.2 Å². The lowest BCUT2D eigenvalue weighted by Gasteiger charge is -2.07. The maximum absolute atomic E-state index is 14.8. The van der Waals surface area contributed by atoms with Crippen LogP contribution in [0.2, 0.25) is 0 Å². The second kappa shape index (κ2) is 61.3. The second-order valence-corrected chi connectivity index (χ2v) is 34.0. The van der Waals surface area contributed by atoms with Gasteiger partial charge >= 0.3 is 23.9 Å². The zero-order valence-corrected chi connectivity index (χ0v) is 84.3. The third-order valence-corrected chi connectivity index (χ3v) is 21.9. The Morgan fingerprint density at radius 3 is 0.839 bits per heavy atom. The number of aryl methyl sites for hydroxylation is 3. The molecule has 32 heteroatoms. The van der Waals surface area contributed by atoms with E-state index in [2.05, 4.69) is 149 Å². The minimum absolute atomic E-state index is 0.0471. The molecule has 0 N–H and O–H groups in total. The predicted molar refractivity (Wildman–Crippen MR) is 562 cm³/mol. The first kappa shape index (κ1) is 110. The summed E-state index contributed by atoms with van der Waals surface area (Å²) in [6, 6.07) is 72.6. The number of azo groups is 9. The van der Waals surface area contributed by atoms with Crippen LogP contribution < -0.4 is 14.2 Å². The molecule has 0 fully saturated rings. The quantitative estimate of drug-likeness (QED) is 0.00861. The third kappa shape index (κ3) is 39.7. The van der Waals surface area contributed by atoms with Crippen LogP contribution in [0.4, 0.5) is 111 Å². The van der Waals surface area contributed by atoms with Crippen molar-refractivity contribution >= 4 is 149 Å². The van der Waals surface area contributed by atoms with E-state index in [9.17, 15) is 28.0 Å². The van der Waals surface area contributed by atoms with Gasteiger partial charge in [0.1, 0.15) is 41.8 Å². The van der Waals surface area contributed by atoms with Crippen molar-refractivity contribution in [3.05, 3.63) is 316 Å². The number of ether oxygens (including phenoxy) is 7. The minimum atomic E-state index is -0.603. The number of benzene rings is 12. The van der Waals surface area contributed by atoms with Crippen LogP contribution in [-0.2, 0) is 23.7 Å². The maximum Gasteiger partial charge on any atom is 0.338 e. The molecule has 0 bridgehead atoms. The first-order valence-electron chi connectivity index (χ1n) is 47.9. The molecule has 0 aliphatic rings. The van der Waals surface area contributed by atoms with E-state index >= 15 is 0 Å². The second-order valence-electron chi connectivity index (χ2n) is 32.9. The molecule has 12 aromatic rings. The Bertz CT molecular complexity index is 6400. The minimum Gasteiger partial charge on any atom is -0.494 e. The summed E-state index contributed by atoms with van der Waals surface area (Å²) in [6.07, 6.45) is 18.5. The van der Waals surface area contributed by atoms with Crippen LogP contribution in [0.25, 0.3) is 0 Å². The van der Waals surface area contributed by atoms with Crippen molar-refractivity contribution in [3.8, 4) is 17.2 Å². The van der Waals surface area contributed by atoms with Gasteiger partial charge in [-0.25, -0.2) is 28.0 Å². The Kier molecular flexibility index (Phi) is 47.0. The fourth-order valence-electron chi connectivity index (χ4n) is 12.8. The Labute approximate surface area is 847 Å². The molecule has 0 atom stereocenters. The lowest BCUT2D eigenvalue weighted by molar-refractivity contribution is -0.139. The molecule has 0 radical (unpaired) electrons. The summed E-state index contributed by atoms with van der Waals surface area (Å²) in [5.41, 5.74) is 14.0. The van der Waals surface area contributed by atoms with Gasteiger partial charge in [0.2, 0.25) is 0 Å². The zero-order chi connectivity index (χ0) is 102. The van der Waals surface area contributed by atoms with E-state index in [4.69, 9.17) is 33.2 Å². The normalized spacial score (nSPS) is 11.5. The number of esters is 4. The van der Waals surface area contributed by atoms with Gasteiger partial charge in [0, 0.05) is 21.3 Å². The van der Waals surface area contributed by atoms with Crippen LogP contribution in [0.15, 0.2) is 359 Å². The fourth-order valence-corrected chi connectivity index (χ4v) is 13.4. The van der Waals surface area contributed by atoms with E-state index in [1.807, 2.05) is 113 Å². The van der Waals surface area contributed by atoms with Gasteiger partial charge in [-0.1, -0.05) is 118 Å². The van der Waals surface area contributed by atoms with E-state index in [1.54, 1.807) is 153 Å². The summed E-state index contributed by atoms with van der Waals surface area (Å²) in [4.78, 5) is 47.7. The Morgan fingerprint density at radius 1 is 0.252 bits per heavy atom. The standard InChI is InChI=1S/C38H45IN6O2.C37H37FN6O5.C36H37FN6O4/c1-4-6-8-10-12-26-47-35-22-24-38(36(39)28-35)45-42-31-15-13-30(14-16-31)40-43-33-19-23-37(29(3)27-33)44-41-32-17-20-34(21-18-32)46-25-11-9-7-5-2;1-5-6-7-20-48-37(46)27-8-10-28(11-9-27)39-41-30-14-18-34(26(4)23-30)43-44-35-19-15-31(24-33(35)38)42-40-29-12-16-32(17-13-29)47-21-22-49-36(45)25(2)3;1-4-6-8-22-47-36(45)27-11-13-28(14-12-27)38-40-30-17-19-33(25(3)23-30)42-43-34-20-18-31(24-32(34)37)41-39-29-15-9-26(10-16-29)35(44)46-21-7-5-2/h13-24,27-28H,4-12,25-26H2,1-3H3;8-19,23-24H,2,5-7,20-22H2,1,3-4H3;9-20,23-24H,4-8,21-22H2,1-3H3. The molecule has 12 rings (SSSR count). The van der Waals surface area contributed by atoms with E-state index < -0.39 is 17.6 Å². The van der Waals surface area contributed by atoms with Crippen molar-refractivity contribution < 1.29 is 61.1 Å². The summed E-state index contributed by atoms with van der Waals surface area (Å²) >= 11 is 2.27. The van der Waals surface area contributed by atoms with Crippen LogP contribution in [-0.4, -0.2) is 70.1 Å². The molecule has 740 valence electrons. The highest BCUT2D eigenvalue weighted by Gasteiger charge is 2.15. The zero-order valence-electron chi connectivity index (χ0n) is 82.1. The van der Waals surface area contributed by atoms with Gasteiger partial charge in [0.25, 0.3) is 0 Å². The molecule has 0 aromatic heterocycles. The molecule has 0 aliphatic carbocycles. The lowest BCUT2D eigenvalue weighted by atomic mass is 10.2. The van der Waals surface area contributed by atoms with Gasteiger partial charge in [-0.3, -0.25) is 0 Å². The molecule has 0 spiro atoms. The first-order valence-corrected chi connectivity index (χ1v) is 49.0. The van der Waals surface area contributed by atoms with E-state index in [0.717, 1.165) is 143 Å². The molecule has 143 heavy (non-hydrogen) atoms. The maximum atomic E-state index is 14.8. The van der Waals surface area contributed by atoms with Gasteiger partial charge in [0.15, 0.2) is 11.6 Å². The highest BCUT2D eigenvalue weighted by molar-refractivity contribution is 14.1. The smallest absolute Gasteiger partial charge is 0.338 e. The molecule has 0 heterocycles. The monoisotopic (exact) mass is 2040 g/mol. The van der Waals surface area contributed by atoms with Crippen LogP contribution in [0.3, 0.4) is 0 Å². The molecule has 0 saturated heterocycles. The average molecular weight is 2050 g/mol. The van der Waals surface area contributed by atoms with Gasteiger partial charge in [-0.15, -0.1) is 15.3 Å². The number of hydrogen-bond donors (Lipinski definition) is 0. The molecule has 0 amide bonds. The van der Waals surface area contributed by atoms with Crippen molar-refractivity contribution in [1.29, 1.82) is 0 Å². The average Bonchev–Trinajstić information content (AvgIpc) is 0.855. The van der Waals surface area contributed by atoms with Gasteiger partial charge in [0.05, 0.1) is 141 Å². The van der Waals surface area contributed by atoms with Crippen molar-refractivity contribution in [3.63, 3.8) is 0 Å². The van der Waals surface area contributed by atoms with Crippen molar-refractivity contribution in [2.45, 2.75) is 171 Å². The summed E-state index contributed by atoms with van der Waals surface area (Å²) < 4.78 is 68.5. The molecule has 0 aliphatic heterocycles. The number of rotatable bonds is 50. The number of carbonyl (C=O) groups is 4. The van der Waals surface area contributed by atoms with Crippen LogP contribution in [0.5, 0.6) is 17.2 Å². The topological polar surface area (TPSA) is 355 Å². The third-order valence-electron chi connectivity index (χ3n) is 21.0. The van der Waals surface area contributed by atoms with Gasteiger partial charge in [-0.05, 0) is 342 Å². The first-order chi connectivity index (χ1) is 69.6. The number of unbranched alkanes of at least 4 members (excludes halogenated alkanes) is 12. The predicted octanol–water partition coefficient (Wildman–Crippen LogP) is 37.1. The Balaban J connectivity index is 0.000000220. The van der Waals surface area contributed by atoms with Crippen LogP contribution in [0.1, 0.15) is 198 Å². The summed E-state index contributed by atoms with van der Waals surface area (Å²) in [7, 11) is 0. The number of halogens is 3. The fraction of sp³-hybridized carbons (Fsp3) is 0.297. The Hall–Kier alpha value is -15.4. The molecule has 29 nitrogen and oxygen atoms in total. The van der Waals surface area contributed by atoms with Gasteiger partial charge in [-0.2, -0.15) is 76.7 Å².